The van der Waals surface area contributed by atoms with Crippen molar-refractivity contribution in [2.75, 3.05) is 19.7 Å². The van der Waals surface area contributed by atoms with Crippen LogP contribution in [0.2, 0.25) is 0 Å². The first kappa shape index (κ1) is 15.4. The van der Waals surface area contributed by atoms with Gasteiger partial charge in [-0.25, -0.2) is 0 Å². The fourth-order valence-corrected chi connectivity index (χ4v) is 1.50. The molecule has 0 radical (unpaired) electrons. The Bertz CT molecular complexity index is 200. The molecule has 0 aromatic heterocycles. The van der Waals surface area contributed by atoms with Crippen molar-refractivity contribution >= 4 is 5.91 Å². The molecule has 0 fully saturated rings. The van der Waals surface area contributed by atoms with Gasteiger partial charge >= 0.3 is 0 Å². The van der Waals surface area contributed by atoms with Gasteiger partial charge in [0.1, 0.15) is 0 Å². The second-order valence-electron chi connectivity index (χ2n) is 5.10. The Morgan fingerprint density at radius 3 is 2.44 bits per heavy atom. The lowest BCUT2D eigenvalue weighted by atomic mass is 9.85. The van der Waals surface area contributed by atoms with E-state index < -0.39 is 0 Å². The second-order valence-corrected chi connectivity index (χ2v) is 5.10. The number of hydrogen-bond donors (Lipinski definition) is 3. The molecule has 0 rings (SSSR count). The zero-order valence-electron chi connectivity index (χ0n) is 11.0. The van der Waals surface area contributed by atoms with Gasteiger partial charge in [-0.05, 0) is 18.4 Å². The molecule has 96 valence electrons. The minimum atomic E-state index is -0.0173. The number of aliphatic hydroxyl groups excluding tert-OH is 1. The average molecular weight is 230 g/mol. The number of rotatable bonds is 7. The number of aliphatic hydroxyl groups is 1. The van der Waals surface area contributed by atoms with E-state index in [9.17, 15) is 4.79 Å². The van der Waals surface area contributed by atoms with Crippen LogP contribution in [0, 0.1) is 5.41 Å². The molecule has 1 amide bonds. The maximum Gasteiger partial charge on any atom is 0.221 e. The molecule has 4 nitrogen and oxygen atoms in total. The van der Waals surface area contributed by atoms with Crippen LogP contribution in [0.1, 0.15) is 40.5 Å². The van der Waals surface area contributed by atoms with Crippen LogP contribution < -0.4 is 10.6 Å². The Kier molecular flexibility index (Phi) is 7.34. The highest BCUT2D eigenvalue weighted by atomic mass is 16.3. The number of carbonyl (C=O) groups is 1. The van der Waals surface area contributed by atoms with Gasteiger partial charge in [-0.15, -0.1) is 0 Å². The smallest absolute Gasteiger partial charge is 0.221 e. The van der Waals surface area contributed by atoms with Crippen molar-refractivity contribution in [2.45, 2.75) is 46.6 Å². The monoisotopic (exact) mass is 230 g/mol. The third kappa shape index (κ3) is 6.80. The molecular formula is C12H26N2O2. The highest BCUT2D eigenvalue weighted by Crippen LogP contribution is 2.21. The van der Waals surface area contributed by atoms with Crippen molar-refractivity contribution in [3.8, 4) is 0 Å². The molecule has 1 atom stereocenters. The zero-order chi connectivity index (χ0) is 12.6. The molecule has 0 aliphatic heterocycles. The molecule has 0 spiro atoms. The number of hydrogen-bond acceptors (Lipinski definition) is 3. The molecule has 4 heteroatoms. The molecular weight excluding hydrogens is 204 g/mol. The molecule has 0 bridgehead atoms. The van der Waals surface area contributed by atoms with Gasteiger partial charge in [0.15, 0.2) is 0 Å². The fraction of sp³-hybridized carbons (Fsp3) is 0.917. The summed E-state index contributed by atoms with van der Waals surface area (Å²) in [5.74, 6) is 0.0503. The standard InChI is InChI=1S/C12H26N2O2/c1-5-13-8-6-11(16)14-10(7-9-15)12(2,3)4/h10,13,15H,5-9H2,1-4H3,(H,14,16). The first-order chi connectivity index (χ1) is 7.41. The van der Waals surface area contributed by atoms with Gasteiger partial charge in [-0.2, -0.15) is 0 Å². The van der Waals surface area contributed by atoms with Crippen molar-refractivity contribution in [1.82, 2.24) is 10.6 Å². The predicted octanol–water partition coefficient (Wildman–Crippen LogP) is 0.899. The van der Waals surface area contributed by atoms with Crippen LogP contribution in [0.3, 0.4) is 0 Å². The fourth-order valence-electron chi connectivity index (χ4n) is 1.50. The van der Waals surface area contributed by atoms with E-state index in [1.54, 1.807) is 0 Å². The van der Waals surface area contributed by atoms with Crippen LogP contribution in [-0.4, -0.2) is 36.8 Å². The molecule has 1 unspecified atom stereocenters. The SMILES string of the molecule is CCNCCC(=O)NC(CCO)C(C)(C)C. The maximum absolute atomic E-state index is 11.6. The van der Waals surface area contributed by atoms with Gasteiger partial charge in [0.2, 0.25) is 5.91 Å². The van der Waals surface area contributed by atoms with Gasteiger partial charge in [-0.1, -0.05) is 27.7 Å². The molecule has 0 saturated carbocycles. The third-order valence-corrected chi connectivity index (χ3v) is 2.58. The van der Waals surface area contributed by atoms with Crippen molar-refractivity contribution < 1.29 is 9.90 Å². The number of nitrogens with one attached hydrogen (secondary N) is 2. The van der Waals surface area contributed by atoms with E-state index in [4.69, 9.17) is 5.11 Å². The predicted molar refractivity (Wildman–Crippen MR) is 66.2 cm³/mol. The summed E-state index contributed by atoms with van der Waals surface area (Å²) in [4.78, 5) is 11.6. The summed E-state index contributed by atoms with van der Waals surface area (Å²) in [5, 5.41) is 15.1. The highest BCUT2D eigenvalue weighted by molar-refractivity contribution is 5.76. The maximum atomic E-state index is 11.6. The van der Waals surface area contributed by atoms with Crippen molar-refractivity contribution in [1.29, 1.82) is 0 Å². The summed E-state index contributed by atoms with van der Waals surface area (Å²) in [6.45, 7) is 9.91. The first-order valence-corrected chi connectivity index (χ1v) is 6.02. The van der Waals surface area contributed by atoms with Crippen LogP contribution in [0.5, 0.6) is 0 Å². The lowest BCUT2D eigenvalue weighted by Crippen LogP contribution is -2.44. The van der Waals surface area contributed by atoms with Gasteiger partial charge in [0.25, 0.3) is 0 Å². The molecule has 0 heterocycles. The molecule has 0 aromatic rings. The summed E-state index contributed by atoms with van der Waals surface area (Å²) >= 11 is 0. The lowest BCUT2D eigenvalue weighted by molar-refractivity contribution is -0.122. The third-order valence-electron chi connectivity index (χ3n) is 2.58. The van der Waals surface area contributed by atoms with E-state index >= 15 is 0 Å². The van der Waals surface area contributed by atoms with Crippen molar-refractivity contribution in [3.63, 3.8) is 0 Å². The minimum absolute atomic E-state index is 0.0173. The summed E-state index contributed by atoms with van der Waals surface area (Å²) in [6, 6.07) is 0.0339. The van der Waals surface area contributed by atoms with E-state index in [0.29, 0.717) is 19.4 Å². The normalized spacial score (nSPS) is 13.6. The first-order valence-electron chi connectivity index (χ1n) is 6.02. The van der Waals surface area contributed by atoms with E-state index in [1.807, 2.05) is 6.92 Å². The van der Waals surface area contributed by atoms with Gasteiger partial charge in [-0.3, -0.25) is 4.79 Å². The van der Waals surface area contributed by atoms with Crippen LogP contribution in [0.15, 0.2) is 0 Å². The largest absolute Gasteiger partial charge is 0.396 e. The Morgan fingerprint density at radius 1 is 1.38 bits per heavy atom. The summed E-state index contributed by atoms with van der Waals surface area (Å²) in [6.07, 6.45) is 1.10. The van der Waals surface area contributed by atoms with Crippen LogP contribution in [0.25, 0.3) is 0 Å². The van der Waals surface area contributed by atoms with E-state index in [1.165, 1.54) is 0 Å². The van der Waals surface area contributed by atoms with E-state index in [-0.39, 0.29) is 24.0 Å². The number of amides is 1. The van der Waals surface area contributed by atoms with Crippen LogP contribution >= 0.6 is 0 Å². The summed E-state index contributed by atoms with van der Waals surface area (Å²) in [7, 11) is 0. The van der Waals surface area contributed by atoms with Crippen molar-refractivity contribution in [2.24, 2.45) is 5.41 Å². The van der Waals surface area contributed by atoms with E-state index in [0.717, 1.165) is 6.54 Å². The topological polar surface area (TPSA) is 61.4 Å². The molecule has 0 aromatic carbocycles. The summed E-state index contributed by atoms with van der Waals surface area (Å²) in [5.41, 5.74) is -0.0173. The van der Waals surface area contributed by atoms with Crippen LogP contribution in [0.4, 0.5) is 0 Å². The second kappa shape index (κ2) is 7.63. The highest BCUT2D eigenvalue weighted by Gasteiger charge is 2.25. The van der Waals surface area contributed by atoms with Gasteiger partial charge < -0.3 is 15.7 Å². The molecule has 16 heavy (non-hydrogen) atoms. The summed E-state index contributed by atoms with van der Waals surface area (Å²) < 4.78 is 0. The number of carbonyl (C=O) groups excluding carboxylic acids is 1. The van der Waals surface area contributed by atoms with Crippen molar-refractivity contribution in [3.05, 3.63) is 0 Å². The Morgan fingerprint density at radius 2 is 2.00 bits per heavy atom. The zero-order valence-corrected chi connectivity index (χ0v) is 11.0. The Hall–Kier alpha value is -0.610. The molecule has 0 aliphatic rings. The average Bonchev–Trinajstić information content (AvgIpc) is 2.16. The van der Waals surface area contributed by atoms with Crippen LogP contribution in [-0.2, 0) is 4.79 Å². The molecule has 0 aliphatic carbocycles. The van der Waals surface area contributed by atoms with Gasteiger partial charge in [0, 0.05) is 25.6 Å². The lowest BCUT2D eigenvalue weighted by Gasteiger charge is -2.31. The van der Waals surface area contributed by atoms with Gasteiger partial charge in [0.05, 0.1) is 0 Å². The minimum Gasteiger partial charge on any atom is -0.396 e. The Balaban J connectivity index is 4.04. The molecule has 3 N–H and O–H groups in total. The molecule has 0 saturated heterocycles. The van der Waals surface area contributed by atoms with E-state index in [2.05, 4.69) is 31.4 Å². The Labute approximate surface area is 98.8 Å². The quantitative estimate of drug-likeness (QED) is 0.569.